The monoisotopic (exact) mass is 245 g/mol. The van der Waals surface area contributed by atoms with E-state index in [-0.39, 0.29) is 5.78 Å². The highest BCUT2D eigenvalue weighted by atomic mass is 32.1. The SMILES string of the molecule is CCC(=O)Cc1nc(-c2ccc(C)cc2)cs1. The van der Waals surface area contributed by atoms with Crippen molar-refractivity contribution in [2.45, 2.75) is 26.7 Å². The summed E-state index contributed by atoms with van der Waals surface area (Å²) in [7, 11) is 0. The summed E-state index contributed by atoms with van der Waals surface area (Å²) in [5.74, 6) is 0.245. The lowest BCUT2D eigenvalue weighted by Gasteiger charge is -1.97. The molecule has 0 fully saturated rings. The molecule has 0 saturated heterocycles. The van der Waals surface area contributed by atoms with Gasteiger partial charge in [-0.05, 0) is 6.92 Å². The van der Waals surface area contributed by atoms with Crippen LogP contribution in [0.2, 0.25) is 0 Å². The number of benzene rings is 1. The molecule has 1 heterocycles. The molecule has 0 bridgehead atoms. The van der Waals surface area contributed by atoms with Crippen LogP contribution in [-0.2, 0) is 11.2 Å². The minimum Gasteiger partial charge on any atom is -0.299 e. The third kappa shape index (κ3) is 3.01. The quantitative estimate of drug-likeness (QED) is 0.823. The molecule has 0 radical (unpaired) electrons. The molecule has 0 aliphatic rings. The fraction of sp³-hybridized carbons (Fsp3) is 0.286. The van der Waals surface area contributed by atoms with Gasteiger partial charge in [0.2, 0.25) is 0 Å². The smallest absolute Gasteiger partial charge is 0.139 e. The van der Waals surface area contributed by atoms with Gasteiger partial charge in [0.1, 0.15) is 10.8 Å². The van der Waals surface area contributed by atoms with Gasteiger partial charge in [-0.3, -0.25) is 4.79 Å². The molecule has 0 atom stereocenters. The van der Waals surface area contributed by atoms with Gasteiger partial charge in [0.25, 0.3) is 0 Å². The second kappa shape index (κ2) is 5.23. The third-order valence-corrected chi connectivity index (χ3v) is 3.49. The predicted octanol–water partition coefficient (Wildman–Crippen LogP) is 3.64. The highest BCUT2D eigenvalue weighted by Crippen LogP contribution is 2.22. The highest BCUT2D eigenvalue weighted by molar-refractivity contribution is 7.10. The lowest BCUT2D eigenvalue weighted by Crippen LogP contribution is -1.99. The van der Waals surface area contributed by atoms with Gasteiger partial charge < -0.3 is 0 Å². The van der Waals surface area contributed by atoms with Gasteiger partial charge in [0.15, 0.2) is 0 Å². The first kappa shape index (κ1) is 12.0. The zero-order valence-corrected chi connectivity index (χ0v) is 10.9. The van der Waals surface area contributed by atoms with E-state index in [1.165, 1.54) is 5.56 Å². The molecular formula is C14H15NOS. The van der Waals surface area contributed by atoms with Crippen LogP contribution in [0.3, 0.4) is 0 Å². The van der Waals surface area contributed by atoms with E-state index in [0.717, 1.165) is 16.3 Å². The molecular weight excluding hydrogens is 230 g/mol. The van der Waals surface area contributed by atoms with E-state index in [1.807, 2.05) is 12.3 Å². The highest BCUT2D eigenvalue weighted by Gasteiger charge is 2.07. The zero-order chi connectivity index (χ0) is 12.3. The van der Waals surface area contributed by atoms with Crippen molar-refractivity contribution in [1.82, 2.24) is 4.98 Å². The van der Waals surface area contributed by atoms with Crippen molar-refractivity contribution in [3.63, 3.8) is 0 Å². The molecule has 1 aromatic heterocycles. The summed E-state index contributed by atoms with van der Waals surface area (Å²) in [4.78, 5) is 15.8. The molecule has 1 aromatic carbocycles. The first-order valence-electron chi connectivity index (χ1n) is 5.72. The normalized spacial score (nSPS) is 10.5. The predicted molar refractivity (Wildman–Crippen MR) is 71.3 cm³/mol. The van der Waals surface area contributed by atoms with Crippen LogP contribution in [0, 0.1) is 6.92 Å². The molecule has 0 aliphatic carbocycles. The molecule has 3 heteroatoms. The van der Waals surface area contributed by atoms with Crippen molar-refractivity contribution in [1.29, 1.82) is 0 Å². The van der Waals surface area contributed by atoms with Crippen molar-refractivity contribution in [2.75, 3.05) is 0 Å². The average molecular weight is 245 g/mol. The first-order valence-corrected chi connectivity index (χ1v) is 6.60. The maximum absolute atomic E-state index is 11.3. The lowest BCUT2D eigenvalue weighted by molar-refractivity contribution is -0.118. The molecule has 17 heavy (non-hydrogen) atoms. The van der Waals surface area contributed by atoms with Gasteiger partial charge in [0, 0.05) is 17.4 Å². The number of ketones is 1. The summed E-state index contributed by atoms with van der Waals surface area (Å²) in [5.41, 5.74) is 3.32. The van der Waals surface area contributed by atoms with Crippen LogP contribution in [0.15, 0.2) is 29.6 Å². The van der Waals surface area contributed by atoms with E-state index in [4.69, 9.17) is 0 Å². The molecule has 2 rings (SSSR count). The molecule has 0 unspecified atom stereocenters. The number of aromatic nitrogens is 1. The van der Waals surface area contributed by atoms with Crippen LogP contribution in [0.4, 0.5) is 0 Å². The van der Waals surface area contributed by atoms with Crippen molar-refractivity contribution in [3.05, 3.63) is 40.2 Å². The molecule has 2 nitrogen and oxygen atoms in total. The fourth-order valence-electron chi connectivity index (χ4n) is 1.54. The van der Waals surface area contributed by atoms with Crippen LogP contribution in [0.25, 0.3) is 11.3 Å². The average Bonchev–Trinajstić information content (AvgIpc) is 2.78. The number of hydrogen-bond acceptors (Lipinski definition) is 3. The Bertz CT molecular complexity index is 513. The minimum atomic E-state index is 0.245. The fourth-order valence-corrected chi connectivity index (χ4v) is 2.37. The lowest BCUT2D eigenvalue weighted by atomic mass is 10.1. The van der Waals surface area contributed by atoms with Crippen LogP contribution in [0.5, 0.6) is 0 Å². The zero-order valence-electron chi connectivity index (χ0n) is 10.1. The largest absolute Gasteiger partial charge is 0.299 e. The maximum Gasteiger partial charge on any atom is 0.139 e. The Hall–Kier alpha value is -1.48. The van der Waals surface area contributed by atoms with Crippen molar-refractivity contribution >= 4 is 17.1 Å². The molecule has 0 saturated carbocycles. The van der Waals surface area contributed by atoms with Gasteiger partial charge in [-0.2, -0.15) is 0 Å². The van der Waals surface area contributed by atoms with Gasteiger partial charge >= 0.3 is 0 Å². The number of carbonyl (C=O) groups is 1. The van der Waals surface area contributed by atoms with E-state index in [0.29, 0.717) is 12.8 Å². The van der Waals surface area contributed by atoms with E-state index in [9.17, 15) is 4.79 Å². The Balaban J connectivity index is 2.18. The molecule has 0 N–H and O–H groups in total. The summed E-state index contributed by atoms with van der Waals surface area (Å²) in [6.45, 7) is 3.95. The number of aryl methyl sites for hydroxylation is 1. The summed E-state index contributed by atoms with van der Waals surface area (Å²) in [5, 5.41) is 2.93. The summed E-state index contributed by atoms with van der Waals surface area (Å²) >= 11 is 1.56. The molecule has 2 aromatic rings. The molecule has 88 valence electrons. The van der Waals surface area contributed by atoms with Crippen molar-refractivity contribution in [3.8, 4) is 11.3 Å². The van der Waals surface area contributed by atoms with Gasteiger partial charge in [-0.25, -0.2) is 4.98 Å². The number of carbonyl (C=O) groups excluding carboxylic acids is 1. The second-order valence-corrected chi connectivity index (χ2v) is 5.00. The summed E-state index contributed by atoms with van der Waals surface area (Å²) < 4.78 is 0. The van der Waals surface area contributed by atoms with Crippen molar-refractivity contribution < 1.29 is 4.79 Å². The second-order valence-electron chi connectivity index (χ2n) is 4.06. The number of Topliss-reactive ketones (excluding diaryl/α,β-unsaturated/α-hetero) is 1. The Morgan fingerprint density at radius 1 is 1.29 bits per heavy atom. The Labute approximate surface area is 105 Å². The van der Waals surface area contributed by atoms with E-state index >= 15 is 0 Å². The maximum atomic E-state index is 11.3. The van der Waals surface area contributed by atoms with E-state index in [2.05, 4.69) is 36.2 Å². The summed E-state index contributed by atoms with van der Waals surface area (Å²) in [6.07, 6.45) is 1.05. The van der Waals surface area contributed by atoms with Crippen LogP contribution < -0.4 is 0 Å². The van der Waals surface area contributed by atoms with Crippen molar-refractivity contribution in [2.24, 2.45) is 0 Å². The number of thiazole rings is 1. The number of hydrogen-bond donors (Lipinski definition) is 0. The Morgan fingerprint density at radius 2 is 2.00 bits per heavy atom. The van der Waals surface area contributed by atoms with E-state index in [1.54, 1.807) is 11.3 Å². The molecule has 0 amide bonds. The van der Waals surface area contributed by atoms with Gasteiger partial charge in [-0.1, -0.05) is 36.8 Å². The van der Waals surface area contributed by atoms with Crippen LogP contribution in [0.1, 0.15) is 23.9 Å². The van der Waals surface area contributed by atoms with E-state index < -0.39 is 0 Å². The standard InChI is InChI=1S/C14H15NOS/c1-3-12(16)8-14-15-13(9-17-14)11-6-4-10(2)5-7-11/h4-7,9H,3,8H2,1-2H3. The Morgan fingerprint density at radius 3 is 2.65 bits per heavy atom. The van der Waals surface area contributed by atoms with Gasteiger partial charge in [-0.15, -0.1) is 11.3 Å². The number of nitrogens with zero attached hydrogens (tertiary/aromatic N) is 1. The first-order chi connectivity index (χ1) is 8.19. The topological polar surface area (TPSA) is 30.0 Å². The number of rotatable bonds is 4. The Kier molecular flexibility index (Phi) is 3.69. The van der Waals surface area contributed by atoms with Gasteiger partial charge in [0.05, 0.1) is 12.1 Å². The van der Waals surface area contributed by atoms with Crippen LogP contribution >= 0.6 is 11.3 Å². The minimum absolute atomic E-state index is 0.245. The van der Waals surface area contributed by atoms with Crippen LogP contribution in [-0.4, -0.2) is 10.8 Å². The summed E-state index contributed by atoms with van der Waals surface area (Å²) in [6, 6.07) is 8.28. The molecule has 0 aliphatic heterocycles. The molecule has 0 spiro atoms. The third-order valence-electron chi connectivity index (χ3n) is 2.64.